The van der Waals surface area contributed by atoms with Gasteiger partial charge in [-0.05, 0) is 5.56 Å². The Kier molecular flexibility index (Phi) is 6.80. The number of carbonyl (C=O) groups excluding carboxylic acids is 1. The first-order valence-electron chi connectivity index (χ1n) is 4.32. The number of halogens is 1. The van der Waals surface area contributed by atoms with Crippen molar-refractivity contribution in [1.82, 2.24) is 5.32 Å². The van der Waals surface area contributed by atoms with Crippen molar-refractivity contribution in [2.75, 3.05) is 6.54 Å². The van der Waals surface area contributed by atoms with Gasteiger partial charge in [-0.3, -0.25) is 4.79 Å². The number of rotatable bonds is 5. The van der Waals surface area contributed by atoms with E-state index in [4.69, 9.17) is 5.73 Å². The van der Waals surface area contributed by atoms with Crippen LogP contribution in [0.1, 0.15) is 12.0 Å². The molecule has 0 spiro atoms. The summed E-state index contributed by atoms with van der Waals surface area (Å²) in [6.45, 7) is 1.43. The quantitative estimate of drug-likeness (QED) is 0.721. The lowest BCUT2D eigenvalue weighted by Gasteiger charge is -2.02. The van der Waals surface area contributed by atoms with Gasteiger partial charge in [0.05, 0.1) is 0 Å². The van der Waals surface area contributed by atoms with Gasteiger partial charge in [0.15, 0.2) is 0 Å². The smallest absolute Gasteiger partial charge is 0.218 e. The van der Waals surface area contributed by atoms with Gasteiger partial charge < -0.3 is 11.1 Å². The molecule has 1 aromatic carbocycles. The molecular formula is C10H15ClN2O. The molecule has 1 amide bonds. The average molecular weight is 215 g/mol. The van der Waals surface area contributed by atoms with E-state index >= 15 is 0 Å². The van der Waals surface area contributed by atoms with Gasteiger partial charge in [-0.1, -0.05) is 30.3 Å². The monoisotopic (exact) mass is 214 g/mol. The molecule has 0 aliphatic rings. The molecule has 0 saturated carbocycles. The second-order valence-corrected chi connectivity index (χ2v) is 2.88. The number of benzene rings is 1. The number of carbonyl (C=O) groups is 1. The van der Waals surface area contributed by atoms with Crippen LogP contribution in [0.2, 0.25) is 0 Å². The number of hydrogen-bond donors (Lipinski definition) is 2. The summed E-state index contributed by atoms with van der Waals surface area (Å²) in [7, 11) is 0. The zero-order valence-electron chi connectivity index (χ0n) is 7.90. The molecule has 78 valence electrons. The van der Waals surface area contributed by atoms with Crippen molar-refractivity contribution in [3.05, 3.63) is 35.9 Å². The normalized spacial score (nSPS) is 9.14. The Morgan fingerprint density at radius 1 is 1.29 bits per heavy atom. The Labute approximate surface area is 90.1 Å². The van der Waals surface area contributed by atoms with Crippen LogP contribution in [0.3, 0.4) is 0 Å². The summed E-state index contributed by atoms with van der Waals surface area (Å²) in [6.07, 6.45) is 0.396. The third-order valence-electron chi connectivity index (χ3n) is 1.72. The van der Waals surface area contributed by atoms with Crippen molar-refractivity contribution >= 4 is 18.3 Å². The molecule has 0 heterocycles. The van der Waals surface area contributed by atoms with Crippen LogP contribution in [0.4, 0.5) is 0 Å². The van der Waals surface area contributed by atoms with E-state index in [9.17, 15) is 4.79 Å². The Morgan fingerprint density at radius 2 is 1.93 bits per heavy atom. The third kappa shape index (κ3) is 5.56. The van der Waals surface area contributed by atoms with Gasteiger partial charge in [0.25, 0.3) is 0 Å². The van der Waals surface area contributed by atoms with Gasteiger partial charge in [0.1, 0.15) is 0 Å². The summed E-state index contributed by atoms with van der Waals surface area (Å²) in [6, 6.07) is 10.0. The maximum absolute atomic E-state index is 10.4. The lowest BCUT2D eigenvalue weighted by Crippen LogP contribution is -2.21. The Bertz CT molecular complexity index is 264. The number of nitrogens with two attached hydrogens (primary N) is 1. The van der Waals surface area contributed by atoms with Crippen molar-refractivity contribution in [2.24, 2.45) is 5.73 Å². The maximum atomic E-state index is 10.4. The summed E-state index contributed by atoms with van der Waals surface area (Å²) >= 11 is 0. The van der Waals surface area contributed by atoms with Gasteiger partial charge in [-0.25, -0.2) is 0 Å². The standard InChI is InChI=1S/C10H14N2O.ClH/c11-10(13)6-7-12-8-9-4-2-1-3-5-9;/h1-5,12H,6-8H2,(H2,11,13);1H. The van der Waals surface area contributed by atoms with Crippen LogP contribution in [0.25, 0.3) is 0 Å². The summed E-state index contributed by atoms with van der Waals surface area (Å²) in [5.41, 5.74) is 6.21. The highest BCUT2D eigenvalue weighted by molar-refractivity contribution is 5.85. The first-order valence-corrected chi connectivity index (χ1v) is 4.32. The number of primary amides is 1. The summed E-state index contributed by atoms with van der Waals surface area (Å²) < 4.78 is 0. The summed E-state index contributed by atoms with van der Waals surface area (Å²) in [5.74, 6) is -0.263. The SMILES string of the molecule is Cl.NC(=O)CCNCc1ccccc1. The van der Waals surface area contributed by atoms with Crippen LogP contribution >= 0.6 is 12.4 Å². The average Bonchev–Trinajstić information content (AvgIpc) is 2.14. The topological polar surface area (TPSA) is 55.1 Å². The predicted octanol–water partition coefficient (Wildman–Crippen LogP) is 1.07. The van der Waals surface area contributed by atoms with Crippen molar-refractivity contribution in [3.8, 4) is 0 Å². The molecule has 4 heteroatoms. The minimum absolute atomic E-state index is 0. The first kappa shape index (κ1) is 12.9. The molecule has 0 aliphatic carbocycles. The highest BCUT2D eigenvalue weighted by Crippen LogP contribution is 1.96. The molecule has 0 unspecified atom stereocenters. The van der Waals surface area contributed by atoms with Crippen molar-refractivity contribution in [2.45, 2.75) is 13.0 Å². The highest BCUT2D eigenvalue weighted by Gasteiger charge is 1.93. The highest BCUT2D eigenvalue weighted by atomic mass is 35.5. The van der Waals surface area contributed by atoms with E-state index in [0.29, 0.717) is 13.0 Å². The lowest BCUT2D eigenvalue weighted by atomic mass is 10.2. The molecule has 0 saturated heterocycles. The fraction of sp³-hybridized carbons (Fsp3) is 0.300. The molecule has 14 heavy (non-hydrogen) atoms. The molecule has 0 aliphatic heterocycles. The number of amides is 1. The van der Waals surface area contributed by atoms with E-state index < -0.39 is 0 Å². The maximum Gasteiger partial charge on any atom is 0.218 e. The molecule has 3 N–H and O–H groups in total. The van der Waals surface area contributed by atoms with Gasteiger partial charge in [0.2, 0.25) is 5.91 Å². The minimum Gasteiger partial charge on any atom is -0.370 e. The van der Waals surface area contributed by atoms with Gasteiger partial charge in [0, 0.05) is 19.5 Å². The number of hydrogen-bond acceptors (Lipinski definition) is 2. The van der Waals surface area contributed by atoms with Gasteiger partial charge in [-0.2, -0.15) is 0 Å². The van der Waals surface area contributed by atoms with Crippen LogP contribution < -0.4 is 11.1 Å². The van der Waals surface area contributed by atoms with Crippen LogP contribution in [-0.4, -0.2) is 12.5 Å². The van der Waals surface area contributed by atoms with Gasteiger partial charge in [-0.15, -0.1) is 12.4 Å². The summed E-state index contributed by atoms with van der Waals surface area (Å²) in [4.78, 5) is 10.4. The van der Waals surface area contributed by atoms with Gasteiger partial charge >= 0.3 is 0 Å². The van der Waals surface area contributed by atoms with E-state index in [1.165, 1.54) is 5.56 Å². The zero-order valence-corrected chi connectivity index (χ0v) is 8.72. The first-order chi connectivity index (χ1) is 6.29. The second-order valence-electron chi connectivity index (χ2n) is 2.88. The molecule has 3 nitrogen and oxygen atoms in total. The molecule has 1 aromatic rings. The predicted molar refractivity (Wildman–Crippen MR) is 59.2 cm³/mol. The van der Waals surface area contributed by atoms with E-state index in [-0.39, 0.29) is 18.3 Å². The lowest BCUT2D eigenvalue weighted by molar-refractivity contribution is -0.117. The van der Waals surface area contributed by atoms with Crippen LogP contribution in [0, 0.1) is 0 Å². The van der Waals surface area contributed by atoms with Crippen molar-refractivity contribution < 1.29 is 4.79 Å². The van der Waals surface area contributed by atoms with Crippen molar-refractivity contribution in [3.63, 3.8) is 0 Å². The van der Waals surface area contributed by atoms with E-state index in [2.05, 4.69) is 5.32 Å². The van der Waals surface area contributed by atoms with E-state index in [1.807, 2.05) is 30.3 Å². The molecule has 0 atom stereocenters. The van der Waals surface area contributed by atoms with E-state index in [0.717, 1.165) is 6.54 Å². The molecule has 1 rings (SSSR count). The molecular weight excluding hydrogens is 200 g/mol. The largest absolute Gasteiger partial charge is 0.370 e. The molecule has 0 fully saturated rings. The van der Waals surface area contributed by atoms with E-state index in [1.54, 1.807) is 0 Å². The third-order valence-corrected chi connectivity index (χ3v) is 1.72. The Hall–Kier alpha value is -1.06. The zero-order chi connectivity index (χ0) is 9.52. The second kappa shape index (κ2) is 7.35. The fourth-order valence-corrected chi connectivity index (χ4v) is 1.04. The summed E-state index contributed by atoms with van der Waals surface area (Å²) in [5, 5.41) is 3.13. The minimum atomic E-state index is -0.263. The Balaban J connectivity index is 0.00000169. The number of nitrogens with one attached hydrogen (secondary N) is 1. The van der Waals surface area contributed by atoms with Crippen LogP contribution in [-0.2, 0) is 11.3 Å². The van der Waals surface area contributed by atoms with Crippen molar-refractivity contribution in [1.29, 1.82) is 0 Å². The molecule has 0 aromatic heterocycles. The Morgan fingerprint density at radius 3 is 2.50 bits per heavy atom. The molecule has 0 bridgehead atoms. The fourth-order valence-electron chi connectivity index (χ4n) is 1.04. The van der Waals surface area contributed by atoms with Crippen LogP contribution in [0.15, 0.2) is 30.3 Å². The molecule has 0 radical (unpaired) electrons. The van der Waals surface area contributed by atoms with Crippen LogP contribution in [0.5, 0.6) is 0 Å².